The number of aliphatic hydroxyl groups excluding tert-OH is 1. The number of unbranched alkanes of at least 4 members (excludes halogenated alkanes) is 21. The number of hydrogen-bond donors (Lipinski definition) is 1. The summed E-state index contributed by atoms with van der Waals surface area (Å²) in [5, 5.41) is 9.27. The Hall–Kier alpha value is -0.520. The summed E-state index contributed by atoms with van der Waals surface area (Å²) >= 11 is 3.88. The van der Waals surface area contributed by atoms with Crippen LogP contribution in [0.25, 0.3) is 0 Å². The monoisotopic (exact) mass is 918 g/mol. The van der Waals surface area contributed by atoms with Gasteiger partial charge in [0.2, 0.25) is 0 Å². The maximum Gasteiger partial charge on any atom is 0.306 e. The van der Waals surface area contributed by atoms with E-state index in [-0.39, 0.29) is 36.9 Å². The molecule has 0 aliphatic heterocycles. The second kappa shape index (κ2) is 49.9. The van der Waals surface area contributed by atoms with Crippen LogP contribution < -0.4 is 0 Å². The number of aliphatic hydroxyl groups is 1. The van der Waals surface area contributed by atoms with Crippen LogP contribution in [0.1, 0.15) is 233 Å². The van der Waals surface area contributed by atoms with Gasteiger partial charge in [-0.25, -0.2) is 0 Å². The highest BCUT2D eigenvalue weighted by Crippen LogP contribution is 2.19. The molecule has 0 aromatic heterocycles. The van der Waals surface area contributed by atoms with Crippen molar-refractivity contribution in [2.75, 3.05) is 69.6 Å². The summed E-state index contributed by atoms with van der Waals surface area (Å²) in [4.78, 5) is 27.8. The Morgan fingerprint density at radius 1 is 0.500 bits per heavy atom. The zero-order chi connectivity index (χ0) is 45.4. The van der Waals surface area contributed by atoms with Crippen molar-refractivity contribution in [1.29, 1.82) is 0 Å². The van der Waals surface area contributed by atoms with E-state index in [4.69, 9.17) is 18.9 Å². The second-order valence-electron chi connectivity index (χ2n) is 18.0. The summed E-state index contributed by atoms with van der Waals surface area (Å²) in [6.45, 7) is 12.9. The molecule has 10 heteroatoms. The summed E-state index contributed by atoms with van der Waals surface area (Å²) in [7, 11) is 2.13. The number of likely N-dealkylation sites (N-methyl/N-ethyl adjacent to an activating group) is 1. The lowest BCUT2D eigenvalue weighted by Crippen LogP contribution is -2.35. The van der Waals surface area contributed by atoms with Crippen LogP contribution in [0, 0.1) is 0 Å². The highest BCUT2D eigenvalue weighted by Gasteiger charge is 2.17. The number of carbonyl (C=O) groups excluding carboxylic acids is 2. The molecule has 0 amide bonds. The molecule has 8 nitrogen and oxygen atoms in total. The van der Waals surface area contributed by atoms with E-state index in [2.05, 4.69) is 39.6 Å². The average Bonchev–Trinajstić information content (AvgIpc) is 3.26. The van der Waals surface area contributed by atoms with Gasteiger partial charge in [-0.2, -0.15) is 23.5 Å². The van der Waals surface area contributed by atoms with Crippen molar-refractivity contribution >= 4 is 35.5 Å². The molecule has 3 atom stereocenters. The van der Waals surface area contributed by atoms with E-state index in [9.17, 15) is 14.7 Å². The first-order valence-electron chi connectivity index (χ1n) is 26.4. The Morgan fingerprint density at radius 3 is 1.42 bits per heavy atom. The standard InChI is InChI=1S/C52H103NO7S2/c1-6-10-14-16-18-20-26-36-51(55)59-48(46-61-42-32-12-8-3)34-24-22-30-40-57-45-50(44-53(5)38-28-29-39-54)58-41-31-23-25-35-49(47-62-43-33-13-9-4)60-52(56)37-27-21-19-17-15-11-7-2/h48-50,54H,6-47H2,1-5H3. The van der Waals surface area contributed by atoms with Crippen molar-refractivity contribution in [3.63, 3.8) is 0 Å². The molecule has 0 rings (SSSR count). The minimum atomic E-state index is -0.0155. The summed E-state index contributed by atoms with van der Waals surface area (Å²) in [5.41, 5.74) is 0. The summed E-state index contributed by atoms with van der Waals surface area (Å²) < 4.78 is 24.7. The van der Waals surface area contributed by atoms with Crippen LogP contribution in [0.15, 0.2) is 0 Å². The molecular formula is C52H103NO7S2. The SMILES string of the molecule is CCCCCCCCCC(=O)OC(CCCCCOCC(CN(C)CCCCO)OCCCCCC(CSCCCCC)OC(=O)CCCCCCCCC)CSCCCCC. The molecule has 0 spiro atoms. The Kier molecular flexibility index (Phi) is 49.5. The van der Waals surface area contributed by atoms with Crippen LogP contribution in [-0.2, 0) is 28.5 Å². The van der Waals surface area contributed by atoms with Gasteiger partial charge in [0.1, 0.15) is 12.2 Å². The number of rotatable bonds is 51. The van der Waals surface area contributed by atoms with Crippen molar-refractivity contribution in [2.45, 2.75) is 251 Å². The summed E-state index contributed by atoms with van der Waals surface area (Å²) in [6.07, 6.45) is 35.2. The lowest BCUT2D eigenvalue weighted by atomic mass is 10.1. The smallest absolute Gasteiger partial charge is 0.306 e. The van der Waals surface area contributed by atoms with E-state index in [1.807, 2.05) is 23.5 Å². The predicted octanol–water partition coefficient (Wildman–Crippen LogP) is 14.2. The van der Waals surface area contributed by atoms with Crippen molar-refractivity contribution in [2.24, 2.45) is 0 Å². The average molecular weight is 919 g/mol. The second-order valence-corrected chi connectivity index (χ2v) is 20.3. The van der Waals surface area contributed by atoms with Crippen LogP contribution in [0.2, 0.25) is 0 Å². The van der Waals surface area contributed by atoms with Gasteiger partial charge in [0.15, 0.2) is 0 Å². The number of hydrogen-bond acceptors (Lipinski definition) is 10. The molecule has 0 heterocycles. The molecule has 0 radical (unpaired) electrons. The van der Waals surface area contributed by atoms with Gasteiger partial charge < -0.3 is 29.0 Å². The maximum atomic E-state index is 12.8. The Labute approximate surface area is 393 Å². The zero-order valence-corrected chi connectivity index (χ0v) is 43.2. The molecule has 0 saturated heterocycles. The van der Waals surface area contributed by atoms with E-state index in [1.54, 1.807) is 0 Å². The van der Waals surface area contributed by atoms with Gasteiger partial charge in [0.25, 0.3) is 0 Å². The fraction of sp³-hybridized carbons (Fsp3) is 0.962. The first-order valence-corrected chi connectivity index (χ1v) is 28.7. The van der Waals surface area contributed by atoms with E-state index in [0.717, 1.165) is 126 Å². The summed E-state index contributed by atoms with van der Waals surface area (Å²) in [5.74, 6) is 4.05. The van der Waals surface area contributed by atoms with Crippen LogP contribution >= 0.6 is 23.5 Å². The number of thioether (sulfide) groups is 2. The van der Waals surface area contributed by atoms with Gasteiger partial charge in [-0.05, 0) is 102 Å². The minimum absolute atomic E-state index is 0.00105. The van der Waals surface area contributed by atoms with Crippen molar-refractivity contribution in [3.8, 4) is 0 Å². The van der Waals surface area contributed by atoms with Gasteiger partial charge in [0.05, 0.1) is 12.7 Å². The topological polar surface area (TPSA) is 94.5 Å². The lowest BCUT2D eigenvalue weighted by molar-refractivity contribution is -0.149. The number of carbonyl (C=O) groups is 2. The number of ether oxygens (including phenoxy) is 4. The normalized spacial score (nSPS) is 13.1. The third kappa shape index (κ3) is 44.7. The fourth-order valence-corrected chi connectivity index (χ4v) is 9.73. The van der Waals surface area contributed by atoms with Crippen LogP contribution in [0.4, 0.5) is 0 Å². The zero-order valence-electron chi connectivity index (χ0n) is 41.6. The van der Waals surface area contributed by atoms with Crippen molar-refractivity contribution in [1.82, 2.24) is 4.90 Å². The predicted molar refractivity (Wildman–Crippen MR) is 270 cm³/mol. The molecule has 62 heavy (non-hydrogen) atoms. The van der Waals surface area contributed by atoms with Gasteiger partial charge in [-0.15, -0.1) is 0 Å². The number of nitrogens with zero attached hydrogens (tertiary/aromatic N) is 1. The largest absolute Gasteiger partial charge is 0.461 e. The molecule has 0 aliphatic carbocycles. The van der Waals surface area contributed by atoms with Gasteiger partial charge in [-0.1, -0.05) is 143 Å². The Balaban J connectivity index is 4.77. The third-order valence-corrected chi connectivity index (χ3v) is 13.9. The first kappa shape index (κ1) is 61.5. The van der Waals surface area contributed by atoms with Crippen LogP contribution in [0.3, 0.4) is 0 Å². The van der Waals surface area contributed by atoms with E-state index >= 15 is 0 Å². The third-order valence-electron chi connectivity index (χ3n) is 11.6. The van der Waals surface area contributed by atoms with E-state index in [0.29, 0.717) is 32.7 Å². The molecule has 0 aromatic carbocycles. The molecule has 0 aromatic rings. The van der Waals surface area contributed by atoms with Crippen LogP contribution in [-0.4, -0.2) is 110 Å². The molecule has 0 saturated carbocycles. The molecule has 0 bridgehead atoms. The Morgan fingerprint density at radius 2 is 0.935 bits per heavy atom. The van der Waals surface area contributed by atoms with E-state index in [1.165, 1.54) is 103 Å². The van der Waals surface area contributed by atoms with Crippen molar-refractivity contribution in [3.05, 3.63) is 0 Å². The minimum Gasteiger partial charge on any atom is -0.461 e. The molecule has 0 aliphatic rings. The van der Waals surface area contributed by atoms with E-state index < -0.39 is 0 Å². The Bertz CT molecular complexity index is 932. The summed E-state index contributed by atoms with van der Waals surface area (Å²) in [6, 6.07) is 0. The molecule has 1 N–H and O–H groups in total. The molecule has 370 valence electrons. The quantitative estimate of drug-likeness (QED) is 0.0469. The molecular weight excluding hydrogens is 815 g/mol. The van der Waals surface area contributed by atoms with Crippen molar-refractivity contribution < 1.29 is 33.6 Å². The number of esters is 2. The highest BCUT2D eigenvalue weighted by atomic mass is 32.2. The molecule has 0 fully saturated rings. The fourth-order valence-electron chi connectivity index (χ4n) is 7.59. The van der Waals surface area contributed by atoms with Gasteiger partial charge in [-0.3, -0.25) is 9.59 Å². The van der Waals surface area contributed by atoms with Gasteiger partial charge >= 0.3 is 11.9 Å². The van der Waals surface area contributed by atoms with Gasteiger partial charge in [0, 0.05) is 50.7 Å². The van der Waals surface area contributed by atoms with Crippen LogP contribution in [0.5, 0.6) is 0 Å². The highest BCUT2D eigenvalue weighted by molar-refractivity contribution is 7.99. The maximum absolute atomic E-state index is 12.8. The first-order chi connectivity index (χ1) is 30.4. The molecule has 3 unspecified atom stereocenters. The lowest BCUT2D eigenvalue weighted by Gasteiger charge is -2.24.